The Morgan fingerprint density at radius 3 is 2.65 bits per heavy atom. The smallest absolute Gasteiger partial charge is 0.0734 e. The maximum absolute atomic E-state index is 4.47. The third kappa shape index (κ3) is 3.27. The molecule has 2 aromatic rings. The minimum absolute atomic E-state index is 0.179. The molecule has 0 atom stereocenters. The number of benzene rings is 1. The van der Waals surface area contributed by atoms with Crippen molar-refractivity contribution in [2.45, 2.75) is 32.7 Å². The lowest BCUT2D eigenvalue weighted by Gasteiger charge is -2.20. The predicted molar refractivity (Wildman–Crippen MR) is 73.2 cm³/mol. The van der Waals surface area contributed by atoms with E-state index in [1.54, 1.807) is 0 Å². The van der Waals surface area contributed by atoms with Gasteiger partial charge in [-0.1, -0.05) is 24.3 Å². The Morgan fingerprint density at radius 2 is 1.88 bits per heavy atom. The first-order valence-electron chi connectivity index (χ1n) is 6.14. The van der Waals surface area contributed by atoms with Crippen LogP contribution in [0.25, 0.3) is 10.9 Å². The molecule has 0 aliphatic rings. The first-order valence-corrected chi connectivity index (χ1v) is 6.14. The normalized spacial score (nSPS) is 11.9. The monoisotopic (exact) mass is 228 g/mol. The molecule has 2 nitrogen and oxygen atoms in total. The number of rotatable bonds is 3. The number of aromatic nitrogens is 1. The van der Waals surface area contributed by atoms with Crippen LogP contribution in [0.2, 0.25) is 0 Å². The Morgan fingerprint density at radius 1 is 1.12 bits per heavy atom. The molecule has 0 aliphatic carbocycles. The summed E-state index contributed by atoms with van der Waals surface area (Å²) in [5.41, 5.74) is 2.63. The molecule has 0 bridgehead atoms. The van der Waals surface area contributed by atoms with Gasteiger partial charge in [0.25, 0.3) is 0 Å². The van der Waals surface area contributed by atoms with Crippen LogP contribution >= 0.6 is 0 Å². The van der Waals surface area contributed by atoms with Crippen molar-refractivity contribution in [1.82, 2.24) is 10.3 Å². The van der Waals surface area contributed by atoms with Gasteiger partial charge in [0.2, 0.25) is 0 Å². The number of nitrogens with one attached hydrogen (secondary N) is 1. The fourth-order valence-electron chi connectivity index (χ4n) is 1.94. The molecule has 1 aromatic carbocycles. The van der Waals surface area contributed by atoms with Crippen LogP contribution in [-0.2, 0) is 6.42 Å². The summed E-state index contributed by atoms with van der Waals surface area (Å²) < 4.78 is 0. The van der Waals surface area contributed by atoms with E-state index in [0.717, 1.165) is 18.5 Å². The van der Waals surface area contributed by atoms with Crippen molar-refractivity contribution in [3.63, 3.8) is 0 Å². The van der Waals surface area contributed by atoms with Crippen molar-refractivity contribution >= 4 is 10.9 Å². The van der Waals surface area contributed by atoms with Crippen molar-refractivity contribution in [2.75, 3.05) is 6.54 Å². The van der Waals surface area contributed by atoms with Crippen LogP contribution in [0.4, 0.5) is 0 Å². The van der Waals surface area contributed by atoms with E-state index in [2.05, 4.69) is 55.3 Å². The fraction of sp³-hybridized carbons (Fsp3) is 0.400. The highest BCUT2D eigenvalue weighted by molar-refractivity contribution is 5.81. The van der Waals surface area contributed by atoms with E-state index in [0.29, 0.717) is 0 Å². The van der Waals surface area contributed by atoms with Crippen LogP contribution < -0.4 is 5.32 Å². The van der Waals surface area contributed by atoms with Gasteiger partial charge in [-0.15, -0.1) is 0 Å². The van der Waals surface area contributed by atoms with Crippen molar-refractivity contribution in [2.24, 2.45) is 0 Å². The fourth-order valence-corrected chi connectivity index (χ4v) is 1.94. The number of nitrogens with zero attached hydrogens (tertiary/aromatic N) is 1. The van der Waals surface area contributed by atoms with Gasteiger partial charge in [0.15, 0.2) is 0 Å². The topological polar surface area (TPSA) is 24.9 Å². The number of para-hydroxylation sites is 1. The summed E-state index contributed by atoms with van der Waals surface area (Å²) in [6.45, 7) is 7.55. The maximum Gasteiger partial charge on any atom is 0.0734 e. The molecule has 1 N–H and O–H groups in total. The molecule has 0 fully saturated rings. The largest absolute Gasteiger partial charge is 0.312 e. The van der Waals surface area contributed by atoms with Crippen LogP contribution in [-0.4, -0.2) is 17.1 Å². The minimum Gasteiger partial charge on any atom is -0.312 e. The summed E-state index contributed by atoms with van der Waals surface area (Å²) in [6, 6.07) is 10.5. The first kappa shape index (κ1) is 12.1. The second-order valence-electron chi connectivity index (χ2n) is 5.42. The van der Waals surface area contributed by atoms with Crippen LogP contribution in [0.5, 0.6) is 0 Å². The predicted octanol–water partition coefficient (Wildman–Crippen LogP) is 3.17. The summed E-state index contributed by atoms with van der Waals surface area (Å²) >= 11 is 0. The van der Waals surface area contributed by atoms with Crippen molar-refractivity contribution in [3.8, 4) is 0 Å². The highest BCUT2D eigenvalue weighted by atomic mass is 14.9. The quantitative estimate of drug-likeness (QED) is 0.873. The van der Waals surface area contributed by atoms with E-state index in [-0.39, 0.29) is 5.54 Å². The SMILES string of the molecule is CC(C)(C)NCCc1cccc2cccnc12. The van der Waals surface area contributed by atoms with Crippen molar-refractivity contribution in [3.05, 3.63) is 42.1 Å². The van der Waals surface area contributed by atoms with Crippen LogP contribution in [0.1, 0.15) is 26.3 Å². The van der Waals surface area contributed by atoms with Crippen LogP contribution in [0, 0.1) is 0 Å². The summed E-state index contributed by atoms with van der Waals surface area (Å²) in [5.74, 6) is 0. The number of hydrogen-bond donors (Lipinski definition) is 1. The molecule has 1 aromatic heterocycles. The number of hydrogen-bond acceptors (Lipinski definition) is 2. The average Bonchev–Trinajstić information content (AvgIpc) is 2.28. The van der Waals surface area contributed by atoms with Gasteiger partial charge in [0.05, 0.1) is 5.52 Å². The Labute approximate surface area is 103 Å². The summed E-state index contributed by atoms with van der Waals surface area (Å²) in [4.78, 5) is 4.47. The summed E-state index contributed by atoms with van der Waals surface area (Å²) in [7, 11) is 0. The Balaban J connectivity index is 2.13. The second kappa shape index (κ2) is 4.84. The molecule has 1 heterocycles. The van der Waals surface area contributed by atoms with Gasteiger partial charge in [-0.3, -0.25) is 4.98 Å². The first-order chi connectivity index (χ1) is 8.06. The van der Waals surface area contributed by atoms with E-state index in [1.165, 1.54) is 10.9 Å². The van der Waals surface area contributed by atoms with Crippen LogP contribution in [0.3, 0.4) is 0 Å². The van der Waals surface area contributed by atoms with Gasteiger partial charge in [-0.2, -0.15) is 0 Å². The molecule has 90 valence electrons. The van der Waals surface area contributed by atoms with Gasteiger partial charge < -0.3 is 5.32 Å². The summed E-state index contributed by atoms with van der Waals surface area (Å²) in [6.07, 6.45) is 2.88. The molecule has 2 rings (SSSR count). The lowest BCUT2D eigenvalue weighted by molar-refractivity contribution is 0.430. The standard InChI is InChI=1S/C15H20N2/c1-15(2,3)17-11-9-13-7-4-6-12-8-5-10-16-14(12)13/h4-8,10,17H,9,11H2,1-3H3. The molecule has 0 unspecified atom stereocenters. The lowest BCUT2D eigenvalue weighted by Crippen LogP contribution is -2.37. The molecule has 0 spiro atoms. The van der Waals surface area contributed by atoms with Gasteiger partial charge in [-0.25, -0.2) is 0 Å². The molecule has 0 saturated heterocycles. The highest BCUT2D eigenvalue weighted by Crippen LogP contribution is 2.16. The lowest BCUT2D eigenvalue weighted by atomic mass is 10.1. The third-order valence-corrected chi connectivity index (χ3v) is 2.77. The number of fused-ring (bicyclic) bond motifs is 1. The maximum atomic E-state index is 4.47. The van der Waals surface area contributed by atoms with Gasteiger partial charge in [0.1, 0.15) is 0 Å². The minimum atomic E-state index is 0.179. The molecule has 0 amide bonds. The highest BCUT2D eigenvalue weighted by Gasteiger charge is 2.08. The zero-order valence-electron chi connectivity index (χ0n) is 10.8. The molecular formula is C15H20N2. The van der Waals surface area contributed by atoms with Gasteiger partial charge >= 0.3 is 0 Å². The number of pyridine rings is 1. The Kier molecular flexibility index (Phi) is 3.43. The molecule has 2 heteroatoms. The van der Waals surface area contributed by atoms with Gasteiger partial charge in [0, 0.05) is 17.1 Å². The zero-order chi connectivity index (χ0) is 12.3. The molecule has 0 saturated carbocycles. The van der Waals surface area contributed by atoms with E-state index in [4.69, 9.17) is 0 Å². The van der Waals surface area contributed by atoms with Crippen LogP contribution in [0.15, 0.2) is 36.5 Å². The Bertz CT molecular complexity index is 492. The second-order valence-corrected chi connectivity index (χ2v) is 5.42. The van der Waals surface area contributed by atoms with E-state index in [9.17, 15) is 0 Å². The summed E-state index contributed by atoms with van der Waals surface area (Å²) in [5, 5.41) is 4.73. The van der Waals surface area contributed by atoms with E-state index >= 15 is 0 Å². The third-order valence-electron chi connectivity index (χ3n) is 2.77. The molecule has 17 heavy (non-hydrogen) atoms. The van der Waals surface area contributed by atoms with E-state index < -0.39 is 0 Å². The zero-order valence-corrected chi connectivity index (χ0v) is 10.8. The van der Waals surface area contributed by atoms with Crippen molar-refractivity contribution < 1.29 is 0 Å². The molecule has 0 aliphatic heterocycles. The Hall–Kier alpha value is -1.41. The molecule has 0 radical (unpaired) electrons. The van der Waals surface area contributed by atoms with Crippen molar-refractivity contribution in [1.29, 1.82) is 0 Å². The van der Waals surface area contributed by atoms with Gasteiger partial charge in [-0.05, 0) is 45.4 Å². The average molecular weight is 228 g/mol. The van der Waals surface area contributed by atoms with E-state index in [1.807, 2.05) is 12.3 Å². The molecular weight excluding hydrogens is 208 g/mol.